The van der Waals surface area contributed by atoms with E-state index in [1.807, 2.05) is 54.6 Å². The first-order valence-electron chi connectivity index (χ1n) is 7.13. The lowest BCUT2D eigenvalue weighted by Gasteiger charge is -2.05. The van der Waals surface area contributed by atoms with Crippen LogP contribution in [0.5, 0.6) is 0 Å². The van der Waals surface area contributed by atoms with Crippen molar-refractivity contribution in [3.8, 4) is 11.4 Å². The molecule has 0 spiro atoms. The third-order valence-corrected chi connectivity index (χ3v) is 3.76. The van der Waals surface area contributed by atoms with Gasteiger partial charge in [0, 0.05) is 16.8 Å². The summed E-state index contributed by atoms with van der Waals surface area (Å²) in [7, 11) is 0. The minimum atomic E-state index is -0.410. The van der Waals surface area contributed by atoms with Crippen molar-refractivity contribution in [1.82, 2.24) is 9.97 Å². The standard InChI is InChI=1S/C18H11N3O2/c22-21(23)17-7-3-5-13-9-11-16(20-18(13)17)15-10-8-12-4-1-2-6-14(12)19-15/h1-11H. The number of non-ortho nitro benzene ring substituents is 1. The molecule has 0 fully saturated rings. The van der Waals surface area contributed by atoms with Crippen LogP contribution in [0.15, 0.2) is 66.7 Å². The Bertz CT molecular complexity index is 1060. The monoisotopic (exact) mass is 301 g/mol. The van der Waals surface area contributed by atoms with Gasteiger partial charge in [-0.3, -0.25) is 10.1 Å². The van der Waals surface area contributed by atoms with E-state index < -0.39 is 4.92 Å². The zero-order valence-electron chi connectivity index (χ0n) is 12.0. The number of benzene rings is 2. The number of para-hydroxylation sites is 2. The summed E-state index contributed by atoms with van der Waals surface area (Å²) in [5, 5.41) is 13.0. The predicted octanol–water partition coefficient (Wildman–Crippen LogP) is 4.36. The maximum absolute atomic E-state index is 11.2. The summed E-state index contributed by atoms with van der Waals surface area (Å²) >= 11 is 0. The van der Waals surface area contributed by atoms with E-state index in [2.05, 4.69) is 9.97 Å². The van der Waals surface area contributed by atoms with Crippen LogP contribution < -0.4 is 0 Å². The summed E-state index contributed by atoms with van der Waals surface area (Å²) in [5.74, 6) is 0. The molecule has 0 atom stereocenters. The van der Waals surface area contributed by atoms with Gasteiger partial charge in [0.15, 0.2) is 0 Å². The molecule has 0 amide bonds. The number of nitro benzene ring substituents is 1. The van der Waals surface area contributed by atoms with Gasteiger partial charge in [0.2, 0.25) is 0 Å². The van der Waals surface area contributed by atoms with E-state index in [0.717, 1.165) is 16.3 Å². The molecule has 0 saturated heterocycles. The summed E-state index contributed by atoms with van der Waals surface area (Å²) in [5.41, 5.74) is 2.57. The van der Waals surface area contributed by atoms with Crippen LogP contribution in [-0.2, 0) is 0 Å². The molecular formula is C18H11N3O2. The molecule has 0 unspecified atom stereocenters. The number of rotatable bonds is 2. The van der Waals surface area contributed by atoms with Crippen molar-refractivity contribution < 1.29 is 4.92 Å². The van der Waals surface area contributed by atoms with Crippen LogP contribution >= 0.6 is 0 Å². The molecule has 0 aliphatic carbocycles. The van der Waals surface area contributed by atoms with Crippen LogP contribution in [0.4, 0.5) is 5.69 Å². The second-order valence-electron chi connectivity index (χ2n) is 5.19. The average Bonchev–Trinajstić information content (AvgIpc) is 2.60. The number of hydrogen-bond donors (Lipinski definition) is 0. The first kappa shape index (κ1) is 13.3. The van der Waals surface area contributed by atoms with E-state index in [0.29, 0.717) is 16.9 Å². The number of pyridine rings is 2. The molecule has 0 N–H and O–H groups in total. The van der Waals surface area contributed by atoms with Crippen LogP contribution in [-0.4, -0.2) is 14.9 Å². The quantitative estimate of drug-likeness (QED) is 0.407. The first-order valence-corrected chi connectivity index (χ1v) is 7.13. The first-order chi connectivity index (χ1) is 11.2. The molecule has 0 aliphatic heterocycles. The molecule has 0 saturated carbocycles. The van der Waals surface area contributed by atoms with Crippen molar-refractivity contribution in [2.24, 2.45) is 0 Å². The number of aromatic nitrogens is 2. The lowest BCUT2D eigenvalue weighted by molar-refractivity contribution is -0.383. The van der Waals surface area contributed by atoms with Crippen molar-refractivity contribution in [2.75, 3.05) is 0 Å². The Kier molecular flexibility index (Phi) is 2.98. The fourth-order valence-electron chi connectivity index (χ4n) is 2.63. The van der Waals surface area contributed by atoms with Gasteiger partial charge < -0.3 is 0 Å². The molecule has 0 radical (unpaired) electrons. The van der Waals surface area contributed by atoms with Crippen LogP contribution in [0.3, 0.4) is 0 Å². The van der Waals surface area contributed by atoms with E-state index in [9.17, 15) is 10.1 Å². The molecule has 110 valence electrons. The van der Waals surface area contributed by atoms with Crippen molar-refractivity contribution >= 4 is 27.5 Å². The zero-order valence-corrected chi connectivity index (χ0v) is 12.0. The van der Waals surface area contributed by atoms with Crippen molar-refractivity contribution in [2.45, 2.75) is 0 Å². The predicted molar refractivity (Wildman–Crippen MR) is 89.1 cm³/mol. The Hall–Kier alpha value is -3.34. The van der Waals surface area contributed by atoms with E-state index in [1.165, 1.54) is 6.07 Å². The molecule has 0 aliphatic rings. The molecular weight excluding hydrogens is 290 g/mol. The third kappa shape index (κ3) is 2.28. The molecule has 4 aromatic rings. The van der Waals surface area contributed by atoms with Gasteiger partial charge in [-0.05, 0) is 18.2 Å². The summed E-state index contributed by atoms with van der Waals surface area (Å²) in [6, 6.07) is 20.3. The molecule has 2 aromatic carbocycles. The van der Waals surface area contributed by atoms with Gasteiger partial charge in [-0.15, -0.1) is 0 Å². The number of nitro groups is 1. The summed E-state index contributed by atoms with van der Waals surface area (Å²) in [6.07, 6.45) is 0. The van der Waals surface area contributed by atoms with Crippen LogP contribution in [0.2, 0.25) is 0 Å². The Morgan fingerprint density at radius 1 is 0.739 bits per heavy atom. The Morgan fingerprint density at radius 3 is 2.26 bits per heavy atom. The second kappa shape index (κ2) is 5.14. The summed E-state index contributed by atoms with van der Waals surface area (Å²) in [6.45, 7) is 0. The minimum absolute atomic E-state index is 0.00476. The Labute approximate surface area is 131 Å². The van der Waals surface area contributed by atoms with Crippen molar-refractivity contribution in [3.63, 3.8) is 0 Å². The van der Waals surface area contributed by atoms with Crippen LogP contribution in [0.25, 0.3) is 33.2 Å². The Morgan fingerprint density at radius 2 is 1.43 bits per heavy atom. The van der Waals surface area contributed by atoms with E-state index in [1.54, 1.807) is 6.07 Å². The van der Waals surface area contributed by atoms with Crippen molar-refractivity contribution in [3.05, 3.63) is 76.8 Å². The zero-order chi connectivity index (χ0) is 15.8. The fraction of sp³-hybridized carbons (Fsp3) is 0. The molecule has 5 nitrogen and oxygen atoms in total. The molecule has 23 heavy (non-hydrogen) atoms. The van der Waals surface area contributed by atoms with Gasteiger partial charge in [-0.1, -0.05) is 42.5 Å². The van der Waals surface area contributed by atoms with Crippen LogP contribution in [0.1, 0.15) is 0 Å². The molecule has 5 heteroatoms. The third-order valence-electron chi connectivity index (χ3n) is 3.76. The van der Waals surface area contributed by atoms with Gasteiger partial charge in [0.25, 0.3) is 5.69 Å². The molecule has 4 rings (SSSR count). The number of fused-ring (bicyclic) bond motifs is 2. The maximum atomic E-state index is 11.2. The van der Waals surface area contributed by atoms with E-state index in [4.69, 9.17) is 0 Å². The lowest BCUT2D eigenvalue weighted by Crippen LogP contribution is -1.94. The summed E-state index contributed by atoms with van der Waals surface area (Å²) in [4.78, 5) is 19.8. The molecule has 2 aromatic heterocycles. The van der Waals surface area contributed by atoms with Gasteiger partial charge in [0.05, 0.1) is 21.8 Å². The highest BCUT2D eigenvalue weighted by molar-refractivity contribution is 5.89. The van der Waals surface area contributed by atoms with Crippen molar-refractivity contribution in [1.29, 1.82) is 0 Å². The SMILES string of the molecule is O=[N+]([O-])c1cccc2ccc(-c3ccc4ccccc4n3)nc12. The minimum Gasteiger partial charge on any atom is -0.258 e. The highest BCUT2D eigenvalue weighted by Crippen LogP contribution is 2.27. The lowest BCUT2D eigenvalue weighted by atomic mass is 10.1. The highest BCUT2D eigenvalue weighted by Gasteiger charge is 2.14. The maximum Gasteiger partial charge on any atom is 0.295 e. The topological polar surface area (TPSA) is 68.9 Å². The fourth-order valence-corrected chi connectivity index (χ4v) is 2.63. The number of hydrogen-bond acceptors (Lipinski definition) is 4. The summed E-state index contributed by atoms with van der Waals surface area (Å²) < 4.78 is 0. The molecule has 2 heterocycles. The van der Waals surface area contributed by atoms with E-state index >= 15 is 0 Å². The van der Waals surface area contributed by atoms with E-state index in [-0.39, 0.29) is 5.69 Å². The molecule has 0 bridgehead atoms. The van der Waals surface area contributed by atoms with Gasteiger partial charge >= 0.3 is 0 Å². The largest absolute Gasteiger partial charge is 0.295 e. The average molecular weight is 301 g/mol. The Balaban J connectivity index is 1.93. The highest BCUT2D eigenvalue weighted by atomic mass is 16.6. The second-order valence-corrected chi connectivity index (χ2v) is 5.19. The van der Waals surface area contributed by atoms with Gasteiger partial charge in [-0.2, -0.15) is 0 Å². The van der Waals surface area contributed by atoms with Crippen LogP contribution in [0, 0.1) is 10.1 Å². The smallest absolute Gasteiger partial charge is 0.258 e. The van der Waals surface area contributed by atoms with Gasteiger partial charge in [-0.25, -0.2) is 9.97 Å². The van der Waals surface area contributed by atoms with Gasteiger partial charge in [0.1, 0.15) is 5.52 Å². The normalized spacial score (nSPS) is 11.0. The number of nitrogens with zero attached hydrogens (tertiary/aromatic N) is 3.